The molecule has 6 heteroatoms. The predicted octanol–water partition coefficient (Wildman–Crippen LogP) is 3.15. The minimum atomic E-state index is -0.331. The molecule has 2 aromatic carbocycles. The van der Waals surface area contributed by atoms with Gasteiger partial charge in [0.25, 0.3) is 0 Å². The van der Waals surface area contributed by atoms with Gasteiger partial charge in [0.05, 0.1) is 6.54 Å². The van der Waals surface area contributed by atoms with Crippen LogP contribution in [0.5, 0.6) is 5.75 Å². The largest absolute Gasteiger partial charge is 0.492 e. The lowest BCUT2D eigenvalue weighted by Crippen LogP contribution is -2.32. The van der Waals surface area contributed by atoms with Crippen LogP contribution >= 0.6 is 0 Å². The second-order valence-electron chi connectivity index (χ2n) is 5.31. The number of carbonyl (C=O) groups is 2. The van der Waals surface area contributed by atoms with E-state index in [1.807, 2.05) is 31.2 Å². The van der Waals surface area contributed by atoms with Crippen LogP contribution < -0.4 is 20.7 Å². The number of carbonyl (C=O) groups excluding carboxylic acids is 2. The molecule has 2 aromatic rings. The molecule has 0 aliphatic heterocycles. The lowest BCUT2D eigenvalue weighted by Gasteiger charge is -2.10. The lowest BCUT2D eigenvalue weighted by molar-refractivity contribution is -0.114. The number of benzene rings is 2. The number of rotatable bonds is 6. The summed E-state index contributed by atoms with van der Waals surface area (Å²) in [6.07, 6.45) is 0. The number of amides is 3. The fourth-order valence-corrected chi connectivity index (χ4v) is 2.09. The fraction of sp³-hybridized carbons (Fsp3) is 0.222. The van der Waals surface area contributed by atoms with E-state index >= 15 is 0 Å². The molecule has 0 unspecified atom stereocenters. The number of nitrogens with one attached hydrogen (secondary N) is 3. The number of hydrogen-bond donors (Lipinski definition) is 3. The number of aryl methyl sites for hydroxylation is 1. The quantitative estimate of drug-likeness (QED) is 0.713. The summed E-state index contributed by atoms with van der Waals surface area (Å²) in [5.41, 5.74) is 2.35. The van der Waals surface area contributed by atoms with Gasteiger partial charge in [0.2, 0.25) is 5.91 Å². The van der Waals surface area contributed by atoms with Crippen molar-refractivity contribution in [1.82, 2.24) is 5.32 Å². The van der Waals surface area contributed by atoms with Crippen LogP contribution in [0.15, 0.2) is 48.5 Å². The van der Waals surface area contributed by atoms with Gasteiger partial charge >= 0.3 is 6.03 Å². The maximum atomic E-state index is 11.8. The fourth-order valence-electron chi connectivity index (χ4n) is 2.09. The molecule has 0 fully saturated rings. The first-order valence-corrected chi connectivity index (χ1v) is 7.65. The molecule has 3 amide bonds. The van der Waals surface area contributed by atoms with Crippen molar-refractivity contribution in [2.24, 2.45) is 0 Å². The SMILES string of the molecule is CC(=O)Nc1cccc(NC(=O)NCCOc2cccc(C)c2)c1. The zero-order valence-electron chi connectivity index (χ0n) is 13.8. The molecule has 0 atom stereocenters. The predicted molar refractivity (Wildman–Crippen MR) is 94.4 cm³/mol. The van der Waals surface area contributed by atoms with Crippen LogP contribution in [0.25, 0.3) is 0 Å². The molecule has 6 nitrogen and oxygen atoms in total. The molecular formula is C18H21N3O3. The van der Waals surface area contributed by atoms with E-state index in [1.165, 1.54) is 6.92 Å². The molecule has 0 saturated heterocycles. The van der Waals surface area contributed by atoms with E-state index in [9.17, 15) is 9.59 Å². The Morgan fingerprint density at radius 2 is 1.71 bits per heavy atom. The monoisotopic (exact) mass is 327 g/mol. The topological polar surface area (TPSA) is 79.5 Å². The number of ether oxygens (including phenoxy) is 1. The van der Waals surface area contributed by atoms with Crippen LogP contribution in [0.2, 0.25) is 0 Å². The molecule has 0 radical (unpaired) electrons. The summed E-state index contributed by atoms with van der Waals surface area (Å²) in [6, 6.07) is 14.3. The lowest BCUT2D eigenvalue weighted by atomic mass is 10.2. The Morgan fingerprint density at radius 3 is 2.42 bits per heavy atom. The molecule has 0 aliphatic carbocycles. The van der Waals surface area contributed by atoms with Gasteiger partial charge in [-0.25, -0.2) is 4.79 Å². The zero-order valence-corrected chi connectivity index (χ0v) is 13.8. The van der Waals surface area contributed by atoms with Crippen molar-refractivity contribution < 1.29 is 14.3 Å². The second-order valence-corrected chi connectivity index (χ2v) is 5.31. The molecule has 2 rings (SSSR count). The Kier molecular flexibility index (Phi) is 6.19. The maximum absolute atomic E-state index is 11.8. The summed E-state index contributed by atoms with van der Waals surface area (Å²) in [6.45, 7) is 4.18. The number of anilines is 2. The van der Waals surface area contributed by atoms with Gasteiger partial charge < -0.3 is 20.7 Å². The van der Waals surface area contributed by atoms with Crippen LogP contribution in [0.3, 0.4) is 0 Å². The zero-order chi connectivity index (χ0) is 17.4. The van der Waals surface area contributed by atoms with Gasteiger partial charge in [0.15, 0.2) is 0 Å². The van der Waals surface area contributed by atoms with Crippen molar-refractivity contribution in [3.63, 3.8) is 0 Å². The van der Waals surface area contributed by atoms with Gasteiger partial charge in [-0.1, -0.05) is 18.2 Å². The van der Waals surface area contributed by atoms with Gasteiger partial charge in [-0.05, 0) is 42.8 Å². The molecule has 3 N–H and O–H groups in total. The van der Waals surface area contributed by atoms with E-state index in [0.29, 0.717) is 24.5 Å². The molecular weight excluding hydrogens is 306 g/mol. The molecule has 0 bridgehead atoms. The first-order chi connectivity index (χ1) is 11.5. The molecule has 0 spiro atoms. The normalized spacial score (nSPS) is 9.92. The standard InChI is InChI=1S/C18H21N3O3/c1-13-5-3-8-17(11-13)24-10-9-19-18(23)21-16-7-4-6-15(12-16)20-14(2)22/h3-8,11-12H,9-10H2,1-2H3,(H,20,22)(H2,19,21,23). The van der Waals surface area contributed by atoms with Crippen molar-refractivity contribution in [1.29, 1.82) is 0 Å². The minimum absolute atomic E-state index is 0.162. The Bertz CT molecular complexity index is 716. The highest BCUT2D eigenvalue weighted by Gasteiger charge is 2.03. The van der Waals surface area contributed by atoms with E-state index in [4.69, 9.17) is 4.74 Å². The van der Waals surface area contributed by atoms with E-state index in [0.717, 1.165) is 11.3 Å². The first kappa shape index (κ1) is 17.3. The van der Waals surface area contributed by atoms with Gasteiger partial charge in [-0.3, -0.25) is 4.79 Å². The van der Waals surface area contributed by atoms with Gasteiger partial charge in [-0.15, -0.1) is 0 Å². The highest BCUT2D eigenvalue weighted by Crippen LogP contribution is 2.15. The summed E-state index contributed by atoms with van der Waals surface area (Å²) < 4.78 is 5.56. The molecule has 0 saturated carbocycles. The van der Waals surface area contributed by atoms with Crippen molar-refractivity contribution in [3.05, 3.63) is 54.1 Å². The van der Waals surface area contributed by atoms with Crippen LogP contribution in [-0.4, -0.2) is 25.1 Å². The Labute approximate surface area is 141 Å². The molecule has 24 heavy (non-hydrogen) atoms. The van der Waals surface area contributed by atoms with Crippen LogP contribution in [-0.2, 0) is 4.79 Å². The van der Waals surface area contributed by atoms with E-state index < -0.39 is 0 Å². The summed E-state index contributed by atoms with van der Waals surface area (Å²) in [5, 5.41) is 8.08. The van der Waals surface area contributed by atoms with Gasteiger partial charge in [0, 0.05) is 18.3 Å². The highest BCUT2D eigenvalue weighted by atomic mass is 16.5. The van der Waals surface area contributed by atoms with Crippen LogP contribution in [0, 0.1) is 6.92 Å². The summed E-state index contributed by atoms with van der Waals surface area (Å²) in [4.78, 5) is 22.9. The van der Waals surface area contributed by atoms with Crippen molar-refractivity contribution in [2.75, 3.05) is 23.8 Å². The molecule has 126 valence electrons. The van der Waals surface area contributed by atoms with Gasteiger partial charge in [0.1, 0.15) is 12.4 Å². The number of urea groups is 1. The Balaban J connectivity index is 1.74. The smallest absolute Gasteiger partial charge is 0.319 e. The third-order valence-corrected chi connectivity index (χ3v) is 3.09. The third-order valence-electron chi connectivity index (χ3n) is 3.09. The highest BCUT2D eigenvalue weighted by molar-refractivity contribution is 5.92. The summed E-state index contributed by atoms with van der Waals surface area (Å²) in [5.74, 6) is 0.616. The van der Waals surface area contributed by atoms with Crippen LogP contribution in [0.4, 0.5) is 16.2 Å². The van der Waals surface area contributed by atoms with Gasteiger partial charge in [-0.2, -0.15) is 0 Å². The molecule has 0 heterocycles. The second kappa shape index (κ2) is 8.57. The first-order valence-electron chi connectivity index (χ1n) is 7.65. The van der Waals surface area contributed by atoms with E-state index in [-0.39, 0.29) is 11.9 Å². The van der Waals surface area contributed by atoms with E-state index in [1.54, 1.807) is 24.3 Å². The summed E-state index contributed by atoms with van der Waals surface area (Å²) in [7, 11) is 0. The van der Waals surface area contributed by atoms with Crippen molar-refractivity contribution in [2.45, 2.75) is 13.8 Å². The number of hydrogen-bond acceptors (Lipinski definition) is 3. The summed E-state index contributed by atoms with van der Waals surface area (Å²) >= 11 is 0. The molecule has 0 aromatic heterocycles. The van der Waals surface area contributed by atoms with E-state index in [2.05, 4.69) is 16.0 Å². The van der Waals surface area contributed by atoms with Crippen molar-refractivity contribution in [3.8, 4) is 5.75 Å². The minimum Gasteiger partial charge on any atom is -0.492 e. The maximum Gasteiger partial charge on any atom is 0.319 e. The molecule has 0 aliphatic rings. The average molecular weight is 327 g/mol. The van der Waals surface area contributed by atoms with Crippen LogP contribution in [0.1, 0.15) is 12.5 Å². The Morgan fingerprint density at radius 1 is 1.00 bits per heavy atom. The van der Waals surface area contributed by atoms with Crippen molar-refractivity contribution >= 4 is 23.3 Å². The Hall–Kier alpha value is -3.02. The third kappa shape index (κ3) is 6.00. The average Bonchev–Trinajstić information content (AvgIpc) is 2.51.